The van der Waals surface area contributed by atoms with E-state index < -0.39 is 4.92 Å². The smallest absolute Gasteiger partial charge is 0.312 e. The fourth-order valence-electron chi connectivity index (χ4n) is 1.76. The van der Waals surface area contributed by atoms with Crippen molar-refractivity contribution in [1.29, 1.82) is 0 Å². The predicted molar refractivity (Wildman–Crippen MR) is 70.3 cm³/mol. The van der Waals surface area contributed by atoms with Gasteiger partial charge in [-0.15, -0.1) is 0 Å². The third-order valence-electron chi connectivity index (χ3n) is 2.75. The first kappa shape index (κ1) is 12.9. The van der Waals surface area contributed by atoms with Crippen molar-refractivity contribution in [1.82, 2.24) is 10.2 Å². The molecule has 1 aromatic heterocycles. The number of hydrogen-bond donors (Lipinski definition) is 2. The second kappa shape index (κ2) is 5.38. The van der Waals surface area contributed by atoms with Gasteiger partial charge in [0.1, 0.15) is 0 Å². The SMILES string of the molecule is COc1ccc(NC(C)c2ccn[nH]2)cc1[N+](=O)[O-]. The summed E-state index contributed by atoms with van der Waals surface area (Å²) in [6.45, 7) is 1.93. The van der Waals surface area contributed by atoms with Gasteiger partial charge in [-0.05, 0) is 25.1 Å². The van der Waals surface area contributed by atoms with Crippen molar-refractivity contribution in [3.63, 3.8) is 0 Å². The van der Waals surface area contributed by atoms with E-state index in [-0.39, 0.29) is 17.5 Å². The molecular weight excluding hydrogens is 248 g/mol. The Bertz CT molecular complexity index is 568. The minimum atomic E-state index is -0.467. The number of benzene rings is 1. The van der Waals surface area contributed by atoms with Crippen LogP contribution in [0, 0.1) is 10.1 Å². The fourth-order valence-corrected chi connectivity index (χ4v) is 1.76. The van der Waals surface area contributed by atoms with Crippen LogP contribution in [0.15, 0.2) is 30.5 Å². The Kier molecular flexibility index (Phi) is 3.65. The normalized spacial score (nSPS) is 11.9. The molecule has 2 N–H and O–H groups in total. The van der Waals surface area contributed by atoms with Gasteiger partial charge < -0.3 is 10.1 Å². The molecule has 0 spiro atoms. The van der Waals surface area contributed by atoms with E-state index in [2.05, 4.69) is 15.5 Å². The molecule has 1 unspecified atom stereocenters. The lowest BCUT2D eigenvalue weighted by Gasteiger charge is -2.13. The zero-order chi connectivity index (χ0) is 13.8. The molecule has 1 atom stereocenters. The van der Waals surface area contributed by atoms with E-state index in [4.69, 9.17) is 4.74 Å². The van der Waals surface area contributed by atoms with Gasteiger partial charge in [0, 0.05) is 18.0 Å². The van der Waals surface area contributed by atoms with Gasteiger partial charge in [-0.1, -0.05) is 0 Å². The molecule has 1 aromatic carbocycles. The topological polar surface area (TPSA) is 93.1 Å². The van der Waals surface area contributed by atoms with Gasteiger partial charge in [-0.3, -0.25) is 15.2 Å². The van der Waals surface area contributed by atoms with Gasteiger partial charge in [0.15, 0.2) is 5.75 Å². The van der Waals surface area contributed by atoms with Gasteiger partial charge in [0.2, 0.25) is 0 Å². The monoisotopic (exact) mass is 262 g/mol. The molecule has 0 amide bonds. The number of H-pyrrole nitrogens is 1. The van der Waals surface area contributed by atoms with Gasteiger partial charge in [0.25, 0.3) is 0 Å². The molecule has 0 aliphatic heterocycles. The van der Waals surface area contributed by atoms with E-state index in [1.54, 1.807) is 18.3 Å². The van der Waals surface area contributed by atoms with Crippen LogP contribution in [0.5, 0.6) is 5.75 Å². The molecule has 7 nitrogen and oxygen atoms in total. The summed E-state index contributed by atoms with van der Waals surface area (Å²) in [5.41, 5.74) is 1.48. The summed E-state index contributed by atoms with van der Waals surface area (Å²) in [5, 5.41) is 20.8. The maximum Gasteiger partial charge on any atom is 0.312 e. The van der Waals surface area contributed by atoms with Crippen LogP contribution in [-0.4, -0.2) is 22.2 Å². The average molecular weight is 262 g/mol. The first-order valence-corrected chi connectivity index (χ1v) is 5.70. The summed E-state index contributed by atoms with van der Waals surface area (Å²) < 4.78 is 4.95. The molecule has 1 heterocycles. The maximum absolute atomic E-state index is 10.9. The molecule has 0 fully saturated rings. The number of nitro groups is 1. The van der Waals surface area contributed by atoms with Crippen molar-refractivity contribution < 1.29 is 9.66 Å². The Balaban J connectivity index is 2.21. The van der Waals surface area contributed by atoms with Crippen LogP contribution < -0.4 is 10.1 Å². The van der Waals surface area contributed by atoms with Crippen molar-refractivity contribution in [3.8, 4) is 5.75 Å². The number of hydrogen-bond acceptors (Lipinski definition) is 5. The van der Waals surface area contributed by atoms with Crippen LogP contribution in [0.3, 0.4) is 0 Å². The molecule has 0 saturated carbocycles. The number of aromatic amines is 1. The Labute approximate surface area is 109 Å². The van der Waals surface area contributed by atoms with E-state index in [0.29, 0.717) is 5.69 Å². The minimum absolute atomic E-state index is 0.0319. The molecule has 0 aliphatic carbocycles. The van der Waals surface area contributed by atoms with E-state index in [9.17, 15) is 10.1 Å². The van der Waals surface area contributed by atoms with E-state index in [1.807, 2.05) is 13.0 Å². The standard InChI is InChI=1S/C12H14N4O3/c1-8(10-5-6-13-15-10)14-9-3-4-12(19-2)11(7-9)16(17)18/h3-8,14H,1-2H3,(H,13,15). The molecule has 0 saturated heterocycles. The third kappa shape index (κ3) is 2.82. The summed E-state index contributed by atoms with van der Waals surface area (Å²) in [5.74, 6) is 0.241. The predicted octanol–water partition coefficient (Wildman–Crippen LogP) is 2.50. The van der Waals surface area contributed by atoms with E-state index >= 15 is 0 Å². The van der Waals surface area contributed by atoms with Crippen LogP contribution >= 0.6 is 0 Å². The molecule has 2 aromatic rings. The molecule has 19 heavy (non-hydrogen) atoms. The van der Waals surface area contributed by atoms with Crippen LogP contribution in [0.2, 0.25) is 0 Å². The number of nitrogens with one attached hydrogen (secondary N) is 2. The third-order valence-corrected chi connectivity index (χ3v) is 2.75. The lowest BCUT2D eigenvalue weighted by atomic mass is 10.2. The molecule has 0 aliphatic rings. The Morgan fingerprint density at radius 2 is 2.26 bits per heavy atom. The highest BCUT2D eigenvalue weighted by Crippen LogP contribution is 2.30. The number of anilines is 1. The molecule has 7 heteroatoms. The Hall–Kier alpha value is -2.57. The van der Waals surface area contributed by atoms with Crippen LogP contribution in [-0.2, 0) is 0 Å². The van der Waals surface area contributed by atoms with Crippen molar-refractivity contribution >= 4 is 11.4 Å². The summed E-state index contributed by atoms with van der Waals surface area (Å²) in [4.78, 5) is 10.5. The minimum Gasteiger partial charge on any atom is -0.490 e. The highest BCUT2D eigenvalue weighted by atomic mass is 16.6. The maximum atomic E-state index is 10.9. The summed E-state index contributed by atoms with van der Waals surface area (Å²) in [7, 11) is 1.41. The first-order valence-electron chi connectivity index (χ1n) is 5.70. The number of nitrogens with zero attached hydrogens (tertiary/aromatic N) is 2. The van der Waals surface area contributed by atoms with Crippen LogP contribution in [0.25, 0.3) is 0 Å². The summed E-state index contributed by atoms with van der Waals surface area (Å²) >= 11 is 0. The van der Waals surface area contributed by atoms with Gasteiger partial charge >= 0.3 is 5.69 Å². The van der Waals surface area contributed by atoms with Crippen molar-refractivity contribution in [2.24, 2.45) is 0 Å². The van der Waals surface area contributed by atoms with Crippen molar-refractivity contribution in [2.75, 3.05) is 12.4 Å². The quantitative estimate of drug-likeness (QED) is 0.637. The summed E-state index contributed by atoms with van der Waals surface area (Å²) in [6, 6.07) is 6.57. The Morgan fingerprint density at radius 1 is 1.47 bits per heavy atom. The molecule has 2 rings (SSSR count). The van der Waals surface area contributed by atoms with Crippen molar-refractivity contribution in [2.45, 2.75) is 13.0 Å². The molecule has 0 bridgehead atoms. The van der Waals surface area contributed by atoms with Gasteiger partial charge in [-0.2, -0.15) is 5.10 Å². The second-order valence-electron chi connectivity index (χ2n) is 4.02. The lowest BCUT2D eigenvalue weighted by Crippen LogP contribution is -2.07. The highest BCUT2D eigenvalue weighted by Gasteiger charge is 2.16. The lowest BCUT2D eigenvalue weighted by molar-refractivity contribution is -0.385. The summed E-state index contributed by atoms with van der Waals surface area (Å²) in [6.07, 6.45) is 1.66. The fraction of sp³-hybridized carbons (Fsp3) is 0.250. The Morgan fingerprint density at radius 3 is 2.84 bits per heavy atom. The largest absolute Gasteiger partial charge is 0.490 e. The zero-order valence-electron chi connectivity index (χ0n) is 10.6. The number of methoxy groups -OCH3 is 1. The number of aromatic nitrogens is 2. The highest BCUT2D eigenvalue weighted by molar-refractivity contribution is 5.59. The van der Waals surface area contributed by atoms with Gasteiger partial charge in [-0.25, -0.2) is 0 Å². The molecular formula is C12H14N4O3. The molecule has 0 radical (unpaired) electrons. The van der Waals surface area contributed by atoms with E-state index in [0.717, 1.165) is 5.69 Å². The molecule has 100 valence electrons. The second-order valence-corrected chi connectivity index (χ2v) is 4.02. The van der Waals surface area contributed by atoms with Crippen LogP contribution in [0.4, 0.5) is 11.4 Å². The number of ether oxygens (including phenoxy) is 1. The van der Waals surface area contributed by atoms with Gasteiger partial charge in [0.05, 0.1) is 23.8 Å². The van der Waals surface area contributed by atoms with E-state index in [1.165, 1.54) is 13.2 Å². The average Bonchev–Trinajstić information content (AvgIpc) is 2.92. The first-order chi connectivity index (χ1) is 9.11. The van der Waals surface area contributed by atoms with Crippen molar-refractivity contribution in [3.05, 3.63) is 46.3 Å². The van der Waals surface area contributed by atoms with Crippen LogP contribution in [0.1, 0.15) is 18.7 Å². The number of rotatable bonds is 5. The zero-order valence-corrected chi connectivity index (χ0v) is 10.6. The number of nitro benzene ring substituents is 1.